The maximum Gasteiger partial charge on any atom is 0.211 e. The monoisotopic (exact) mass is 515 g/mol. The molecule has 2 aliphatic heterocycles. The summed E-state index contributed by atoms with van der Waals surface area (Å²) >= 11 is 0. The van der Waals surface area contributed by atoms with Crippen LogP contribution in [0.15, 0.2) is 4.99 Å². The molecule has 2 fully saturated rings. The SMILES string of the molecule is CCNC(=NCC1CCN(S(C)(=O)=O)CC1)NC1CCN(C(C)C)CC1.I. The van der Waals surface area contributed by atoms with E-state index >= 15 is 0 Å². The van der Waals surface area contributed by atoms with Crippen LogP contribution in [0.2, 0.25) is 0 Å². The van der Waals surface area contributed by atoms with Crippen molar-refractivity contribution in [2.45, 2.75) is 58.5 Å². The number of nitrogens with one attached hydrogen (secondary N) is 2. The molecular weight excluding hydrogens is 477 g/mol. The number of aliphatic imine (C=N–C) groups is 1. The molecule has 27 heavy (non-hydrogen) atoms. The zero-order chi connectivity index (χ0) is 19.2. The third kappa shape index (κ3) is 8.41. The van der Waals surface area contributed by atoms with E-state index in [2.05, 4.69) is 36.3 Å². The fourth-order valence-electron chi connectivity index (χ4n) is 3.72. The molecule has 0 amide bonds. The summed E-state index contributed by atoms with van der Waals surface area (Å²) in [6.07, 6.45) is 5.37. The van der Waals surface area contributed by atoms with E-state index in [1.54, 1.807) is 4.31 Å². The van der Waals surface area contributed by atoms with Crippen LogP contribution >= 0.6 is 24.0 Å². The molecule has 0 aromatic carbocycles. The first kappa shape index (κ1) is 24.9. The van der Waals surface area contributed by atoms with E-state index in [1.807, 2.05) is 0 Å². The Morgan fingerprint density at radius 3 is 2.19 bits per heavy atom. The summed E-state index contributed by atoms with van der Waals surface area (Å²) in [5.74, 6) is 1.37. The van der Waals surface area contributed by atoms with Crippen LogP contribution < -0.4 is 10.6 Å². The van der Waals surface area contributed by atoms with Crippen LogP contribution in [0.4, 0.5) is 0 Å². The first-order valence-corrected chi connectivity index (χ1v) is 11.9. The number of guanidine groups is 1. The van der Waals surface area contributed by atoms with Gasteiger partial charge in [0.1, 0.15) is 0 Å². The van der Waals surface area contributed by atoms with Crippen molar-refractivity contribution in [1.82, 2.24) is 19.8 Å². The van der Waals surface area contributed by atoms with E-state index in [9.17, 15) is 8.42 Å². The number of hydrogen-bond acceptors (Lipinski definition) is 4. The van der Waals surface area contributed by atoms with E-state index in [-0.39, 0.29) is 24.0 Å². The quantitative estimate of drug-likeness (QED) is 0.320. The summed E-state index contributed by atoms with van der Waals surface area (Å²) < 4.78 is 24.8. The Hall–Kier alpha value is -0.130. The van der Waals surface area contributed by atoms with Crippen molar-refractivity contribution in [2.24, 2.45) is 10.9 Å². The number of halogens is 1. The lowest BCUT2D eigenvalue weighted by molar-refractivity contribution is 0.167. The highest BCUT2D eigenvalue weighted by molar-refractivity contribution is 14.0. The first-order chi connectivity index (χ1) is 12.3. The van der Waals surface area contributed by atoms with Crippen molar-refractivity contribution in [2.75, 3.05) is 45.5 Å². The number of likely N-dealkylation sites (tertiary alicyclic amines) is 1. The highest BCUT2D eigenvalue weighted by atomic mass is 127. The van der Waals surface area contributed by atoms with Gasteiger partial charge in [-0.25, -0.2) is 12.7 Å². The van der Waals surface area contributed by atoms with Gasteiger partial charge in [0.15, 0.2) is 5.96 Å². The van der Waals surface area contributed by atoms with Crippen molar-refractivity contribution in [1.29, 1.82) is 0 Å². The lowest BCUT2D eigenvalue weighted by Crippen LogP contribution is -2.50. The van der Waals surface area contributed by atoms with Crippen LogP contribution in [0.25, 0.3) is 0 Å². The fraction of sp³-hybridized carbons (Fsp3) is 0.944. The van der Waals surface area contributed by atoms with Crippen LogP contribution in [0, 0.1) is 5.92 Å². The average Bonchev–Trinajstić information content (AvgIpc) is 2.60. The summed E-state index contributed by atoms with van der Waals surface area (Å²) in [4.78, 5) is 7.31. The van der Waals surface area contributed by atoms with Crippen molar-refractivity contribution in [3.05, 3.63) is 0 Å². The van der Waals surface area contributed by atoms with Gasteiger partial charge in [0, 0.05) is 51.4 Å². The molecule has 160 valence electrons. The van der Waals surface area contributed by atoms with E-state index in [0.717, 1.165) is 57.8 Å². The molecule has 0 unspecified atom stereocenters. The van der Waals surface area contributed by atoms with Crippen molar-refractivity contribution in [3.63, 3.8) is 0 Å². The summed E-state index contributed by atoms with van der Waals surface area (Å²) in [6, 6.07) is 1.10. The zero-order valence-corrected chi connectivity index (χ0v) is 20.4. The average molecular weight is 516 g/mol. The lowest BCUT2D eigenvalue weighted by Gasteiger charge is -2.35. The predicted molar refractivity (Wildman–Crippen MR) is 123 cm³/mol. The molecule has 0 aromatic heterocycles. The molecule has 0 atom stereocenters. The second-order valence-electron chi connectivity index (χ2n) is 7.87. The Kier molecular flexibility index (Phi) is 10.9. The first-order valence-electron chi connectivity index (χ1n) is 10.0. The van der Waals surface area contributed by atoms with Gasteiger partial charge >= 0.3 is 0 Å². The van der Waals surface area contributed by atoms with Crippen molar-refractivity contribution < 1.29 is 8.42 Å². The molecular formula is C18H38IN5O2S. The Morgan fingerprint density at radius 2 is 1.70 bits per heavy atom. The number of piperidine rings is 2. The second-order valence-corrected chi connectivity index (χ2v) is 9.86. The van der Waals surface area contributed by atoms with Crippen LogP contribution in [0.3, 0.4) is 0 Å². The third-order valence-electron chi connectivity index (χ3n) is 5.50. The highest BCUT2D eigenvalue weighted by Crippen LogP contribution is 2.19. The number of hydrogen-bond donors (Lipinski definition) is 2. The van der Waals surface area contributed by atoms with Gasteiger partial charge in [0.2, 0.25) is 10.0 Å². The largest absolute Gasteiger partial charge is 0.357 e. The zero-order valence-electron chi connectivity index (χ0n) is 17.3. The molecule has 2 N–H and O–H groups in total. The molecule has 2 rings (SSSR count). The second kappa shape index (κ2) is 11.8. The summed E-state index contributed by atoms with van der Waals surface area (Å²) in [5.41, 5.74) is 0. The van der Waals surface area contributed by atoms with Gasteiger partial charge in [-0.2, -0.15) is 0 Å². The Balaban J connectivity index is 0.00000364. The van der Waals surface area contributed by atoms with Gasteiger partial charge in [-0.05, 0) is 52.4 Å². The van der Waals surface area contributed by atoms with Crippen molar-refractivity contribution >= 4 is 40.0 Å². The summed E-state index contributed by atoms with van der Waals surface area (Å²) in [5, 5.41) is 6.95. The maximum atomic E-state index is 11.6. The van der Waals surface area contributed by atoms with E-state index in [1.165, 1.54) is 6.26 Å². The minimum atomic E-state index is -3.05. The molecule has 0 aliphatic carbocycles. The van der Waals surface area contributed by atoms with Gasteiger partial charge in [0.05, 0.1) is 6.26 Å². The molecule has 0 bridgehead atoms. The highest BCUT2D eigenvalue weighted by Gasteiger charge is 2.25. The van der Waals surface area contributed by atoms with Gasteiger partial charge < -0.3 is 15.5 Å². The molecule has 0 saturated carbocycles. The fourth-order valence-corrected chi connectivity index (χ4v) is 4.59. The summed E-state index contributed by atoms with van der Waals surface area (Å²) in [6.45, 7) is 11.7. The molecule has 2 heterocycles. The van der Waals surface area contributed by atoms with E-state index < -0.39 is 10.0 Å². The van der Waals surface area contributed by atoms with Gasteiger partial charge in [0.25, 0.3) is 0 Å². The molecule has 7 nitrogen and oxygen atoms in total. The molecule has 2 aliphatic rings. The van der Waals surface area contributed by atoms with E-state index in [0.29, 0.717) is 31.1 Å². The van der Waals surface area contributed by atoms with Crippen LogP contribution in [0.5, 0.6) is 0 Å². The number of rotatable bonds is 6. The van der Waals surface area contributed by atoms with Gasteiger partial charge in [-0.3, -0.25) is 4.99 Å². The molecule has 0 aromatic rings. The smallest absolute Gasteiger partial charge is 0.211 e. The van der Waals surface area contributed by atoms with Crippen LogP contribution in [-0.4, -0.2) is 81.2 Å². The minimum absolute atomic E-state index is 0. The van der Waals surface area contributed by atoms with Crippen LogP contribution in [-0.2, 0) is 10.0 Å². The minimum Gasteiger partial charge on any atom is -0.357 e. The van der Waals surface area contributed by atoms with Gasteiger partial charge in [-0.15, -0.1) is 24.0 Å². The molecule has 0 spiro atoms. The Bertz CT molecular complexity index is 554. The maximum absolute atomic E-state index is 11.6. The number of sulfonamides is 1. The Morgan fingerprint density at radius 1 is 1.11 bits per heavy atom. The molecule has 0 radical (unpaired) electrons. The van der Waals surface area contributed by atoms with E-state index in [4.69, 9.17) is 4.99 Å². The summed E-state index contributed by atoms with van der Waals surface area (Å²) in [7, 11) is -3.05. The van der Waals surface area contributed by atoms with Gasteiger partial charge in [-0.1, -0.05) is 0 Å². The molecule has 9 heteroatoms. The normalized spacial score (nSPS) is 21.9. The predicted octanol–water partition coefficient (Wildman–Crippen LogP) is 1.70. The van der Waals surface area contributed by atoms with Crippen LogP contribution in [0.1, 0.15) is 46.5 Å². The standard InChI is InChI=1S/C18H37N5O2S.HI/c1-5-19-18(21-17-8-10-22(11-9-17)15(2)3)20-14-16-6-12-23(13-7-16)26(4,24)25;/h15-17H,5-14H2,1-4H3,(H2,19,20,21);1H. The topological polar surface area (TPSA) is 77.0 Å². The number of nitrogens with zero attached hydrogens (tertiary/aromatic N) is 3. The molecule has 2 saturated heterocycles. The Labute approximate surface area is 182 Å². The van der Waals surface area contributed by atoms with Crippen molar-refractivity contribution in [3.8, 4) is 0 Å². The lowest BCUT2D eigenvalue weighted by atomic mass is 9.98. The third-order valence-corrected chi connectivity index (χ3v) is 6.80.